The van der Waals surface area contributed by atoms with Crippen molar-refractivity contribution in [1.82, 2.24) is 37.2 Å². The number of carboxylic acid groups (broad SMARTS) is 1. The fraction of sp³-hybridized carbons (Fsp3) is 0.619. The van der Waals surface area contributed by atoms with E-state index in [-0.39, 0.29) is 93.7 Å². The average Bonchev–Trinajstić information content (AvgIpc) is 3.22. The molecule has 0 unspecified atom stereocenters. The molecule has 2 fully saturated rings. The number of hydrogen-bond donors (Lipinski definition) is 12. The molecule has 2 aliphatic rings. The largest absolute Gasteiger partial charge is 0.504 e. The van der Waals surface area contributed by atoms with Crippen molar-refractivity contribution in [2.75, 3.05) is 18.1 Å². The van der Waals surface area contributed by atoms with Crippen molar-refractivity contribution >= 4 is 70.9 Å². The van der Waals surface area contributed by atoms with Crippen molar-refractivity contribution in [3.8, 4) is 11.5 Å². The molecule has 0 radical (unpaired) electrons. The van der Waals surface area contributed by atoms with Gasteiger partial charge in [0, 0.05) is 31.6 Å². The smallest absolute Gasteiger partial charge is 0.303 e. The minimum atomic E-state index is -1.64. The maximum absolute atomic E-state index is 14.5. The summed E-state index contributed by atoms with van der Waals surface area (Å²) < 4.78 is 0. The van der Waals surface area contributed by atoms with E-state index in [2.05, 4.69) is 37.2 Å². The van der Waals surface area contributed by atoms with Gasteiger partial charge in [0.25, 0.3) is 0 Å². The Morgan fingerprint density at radius 3 is 2.08 bits per heavy atom. The number of phenolic OH excluding ortho intramolecular Hbond substituents is 2. The molecule has 1 saturated carbocycles. The van der Waals surface area contributed by atoms with Crippen molar-refractivity contribution in [3.63, 3.8) is 0 Å². The number of primary amides is 2. The lowest BCUT2D eigenvalue weighted by atomic mass is 9.80. The summed E-state index contributed by atoms with van der Waals surface area (Å²) in [7, 11) is 0. The Hall–Kier alpha value is -6.13. The zero-order chi connectivity index (χ0) is 48.3. The first-order valence-corrected chi connectivity index (χ1v) is 22.8. The molecule has 1 heterocycles. The molecule has 360 valence electrons. The minimum absolute atomic E-state index is 0.0179. The van der Waals surface area contributed by atoms with Gasteiger partial charge in [-0.3, -0.25) is 47.9 Å². The van der Waals surface area contributed by atoms with Gasteiger partial charge in [-0.15, -0.1) is 11.8 Å². The molecule has 1 aromatic carbocycles. The summed E-state index contributed by atoms with van der Waals surface area (Å²) in [6.07, 6.45) is 0.896. The Morgan fingerprint density at radius 1 is 0.769 bits per heavy atom. The minimum Gasteiger partial charge on any atom is -0.504 e. The number of carbonyl (C=O) groups excluding carboxylic acids is 9. The SMILES string of the molecule is CC(C)C[C@@H]1NC(=O)[C@H](CCCC(=O)O)NC(=O)CSC[C@H](C(N)=O)NC(=O)CCCCNC(=O)[C@H](CC(N)=O)NC(=O)C2(CCCCC2)NC(=O)[C@H](Cc2ccc(O)c(O)c2)NC1=O. The molecule has 14 N–H and O–H groups in total. The molecule has 5 atom stereocenters. The summed E-state index contributed by atoms with van der Waals surface area (Å²) in [5.74, 6) is -9.88. The monoisotopic (exact) mass is 933 g/mol. The number of nitrogens with two attached hydrogens (primary N) is 2. The molecule has 0 aromatic heterocycles. The molecule has 22 nitrogen and oxygen atoms in total. The number of rotatable bonds is 11. The van der Waals surface area contributed by atoms with Gasteiger partial charge >= 0.3 is 5.97 Å². The number of amides is 9. The summed E-state index contributed by atoms with van der Waals surface area (Å²) in [5, 5.41) is 47.9. The van der Waals surface area contributed by atoms with Crippen LogP contribution in [0.15, 0.2) is 18.2 Å². The predicted octanol–water partition coefficient (Wildman–Crippen LogP) is -1.42. The van der Waals surface area contributed by atoms with Gasteiger partial charge in [0.2, 0.25) is 53.2 Å². The fourth-order valence-corrected chi connectivity index (χ4v) is 8.29. The molecule has 9 amide bonds. The quantitative estimate of drug-likeness (QED) is 0.113. The first-order chi connectivity index (χ1) is 30.7. The molecule has 1 aromatic rings. The van der Waals surface area contributed by atoms with Gasteiger partial charge in [-0.25, -0.2) is 0 Å². The zero-order valence-electron chi connectivity index (χ0n) is 36.7. The Bertz CT molecular complexity index is 1910. The summed E-state index contributed by atoms with van der Waals surface area (Å²) >= 11 is 0.925. The summed E-state index contributed by atoms with van der Waals surface area (Å²) in [4.78, 5) is 132. The van der Waals surface area contributed by atoms with Crippen molar-refractivity contribution in [1.29, 1.82) is 0 Å². The number of thioether (sulfide) groups is 1. The number of carbonyl (C=O) groups is 10. The number of benzene rings is 1. The van der Waals surface area contributed by atoms with Crippen molar-refractivity contribution in [2.45, 2.75) is 139 Å². The van der Waals surface area contributed by atoms with Gasteiger partial charge in [0.1, 0.15) is 35.7 Å². The number of nitrogens with one attached hydrogen (secondary N) is 7. The van der Waals surface area contributed by atoms with E-state index in [1.807, 2.05) is 0 Å². The molecular formula is C42H63N9O13S. The van der Waals surface area contributed by atoms with Crippen LogP contribution in [0.1, 0.15) is 103 Å². The first-order valence-electron chi connectivity index (χ1n) is 21.7. The topological polar surface area (TPSA) is 368 Å². The Labute approximate surface area is 380 Å². The lowest BCUT2D eigenvalue weighted by Gasteiger charge is -2.38. The highest BCUT2D eigenvalue weighted by atomic mass is 32.2. The second-order valence-corrected chi connectivity index (χ2v) is 17.8. The van der Waals surface area contributed by atoms with Gasteiger partial charge in [-0.1, -0.05) is 39.2 Å². The molecule has 23 heteroatoms. The van der Waals surface area contributed by atoms with Crippen molar-refractivity contribution < 1.29 is 63.3 Å². The van der Waals surface area contributed by atoms with E-state index in [9.17, 15) is 63.3 Å². The molecule has 1 saturated heterocycles. The molecule has 1 aliphatic carbocycles. The van der Waals surface area contributed by atoms with E-state index < -0.39 is 113 Å². The van der Waals surface area contributed by atoms with E-state index >= 15 is 0 Å². The van der Waals surface area contributed by atoms with E-state index in [1.165, 1.54) is 18.2 Å². The van der Waals surface area contributed by atoms with E-state index in [0.29, 0.717) is 19.3 Å². The number of carboxylic acids is 1. The summed E-state index contributed by atoms with van der Waals surface area (Å²) in [6.45, 7) is 3.55. The maximum atomic E-state index is 14.5. The number of phenols is 2. The van der Waals surface area contributed by atoms with Crippen LogP contribution in [0, 0.1) is 5.92 Å². The normalized spacial score (nSPS) is 23.9. The Morgan fingerprint density at radius 2 is 1.45 bits per heavy atom. The third-order valence-electron chi connectivity index (χ3n) is 10.8. The molecule has 3 rings (SSSR count). The van der Waals surface area contributed by atoms with Crippen LogP contribution in [0.2, 0.25) is 0 Å². The highest BCUT2D eigenvalue weighted by Gasteiger charge is 2.44. The second kappa shape index (κ2) is 26.0. The van der Waals surface area contributed by atoms with Crippen LogP contribution in [-0.2, 0) is 54.4 Å². The fourth-order valence-electron chi connectivity index (χ4n) is 7.42. The van der Waals surface area contributed by atoms with Crippen LogP contribution >= 0.6 is 11.8 Å². The number of aromatic hydroxyl groups is 2. The summed E-state index contributed by atoms with van der Waals surface area (Å²) in [6, 6.07) is -3.01. The standard InChI is InChI=1S/C42H63N9O13S/c1-23(2)17-26-39(62)49-27(18-24-12-13-30(52)31(53)19-24)40(63)51-42(14-5-3-6-15-42)41(64)50-28(20-32(43)54)37(60)45-16-7-4-10-33(55)47-29(36(44)59)21-65-22-34(56)46-25(38(61)48-26)9-8-11-35(57)58/h12-13,19,23,25-29,52-53H,3-11,14-18,20-22H2,1-2H3,(H2,43,54)(H2,44,59)(H,45,60)(H,46,56)(H,47,55)(H,48,61)(H,49,62)(H,50,64)(H,51,63)(H,57,58)/t25-,26-,27-,28-,29+/m0/s1. The zero-order valence-corrected chi connectivity index (χ0v) is 37.5. The van der Waals surface area contributed by atoms with Crippen LogP contribution in [0.5, 0.6) is 11.5 Å². The lowest BCUT2D eigenvalue weighted by Crippen LogP contribution is -2.66. The van der Waals surface area contributed by atoms with Gasteiger partial charge in [-0.05, 0) is 68.6 Å². The molecule has 1 spiro atoms. The highest BCUT2D eigenvalue weighted by molar-refractivity contribution is 8.00. The highest BCUT2D eigenvalue weighted by Crippen LogP contribution is 2.30. The third kappa shape index (κ3) is 18.1. The number of aliphatic carboxylic acids is 1. The first kappa shape index (κ1) is 53.2. The van der Waals surface area contributed by atoms with E-state index in [1.54, 1.807) is 13.8 Å². The lowest BCUT2D eigenvalue weighted by molar-refractivity contribution is -0.139. The van der Waals surface area contributed by atoms with Crippen molar-refractivity contribution in [3.05, 3.63) is 23.8 Å². The van der Waals surface area contributed by atoms with Crippen molar-refractivity contribution in [2.24, 2.45) is 17.4 Å². The Kier molecular flexibility index (Phi) is 21.3. The Balaban J connectivity index is 2.06. The average molecular weight is 934 g/mol. The molecule has 0 bridgehead atoms. The predicted molar refractivity (Wildman–Crippen MR) is 235 cm³/mol. The van der Waals surface area contributed by atoms with Gasteiger partial charge in [-0.2, -0.15) is 0 Å². The molecule has 1 aliphatic heterocycles. The van der Waals surface area contributed by atoms with E-state index in [0.717, 1.165) is 11.8 Å². The van der Waals surface area contributed by atoms with Crippen LogP contribution < -0.4 is 48.7 Å². The van der Waals surface area contributed by atoms with Crippen LogP contribution in [0.3, 0.4) is 0 Å². The van der Waals surface area contributed by atoms with Gasteiger partial charge in [0.05, 0.1) is 12.2 Å². The van der Waals surface area contributed by atoms with Crippen LogP contribution in [0.25, 0.3) is 0 Å². The van der Waals surface area contributed by atoms with Gasteiger partial charge in [0.15, 0.2) is 11.5 Å². The second-order valence-electron chi connectivity index (χ2n) is 16.8. The van der Waals surface area contributed by atoms with E-state index in [4.69, 9.17) is 11.5 Å². The van der Waals surface area contributed by atoms with Crippen LogP contribution in [-0.4, -0.2) is 128 Å². The van der Waals surface area contributed by atoms with Crippen LogP contribution in [0.4, 0.5) is 0 Å². The molecule has 65 heavy (non-hydrogen) atoms. The number of hydrogen-bond acceptors (Lipinski definition) is 13. The summed E-state index contributed by atoms with van der Waals surface area (Å²) in [5.41, 5.74) is 9.61. The maximum Gasteiger partial charge on any atom is 0.303 e. The molecular weight excluding hydrogens is 871 g/mol. The van der Waals surface area contributed by atoms with Gasteiger partial charge < -0.3 is 64.0 Å². The third-order valence-corrected chi connectivity index (χ3v) is 11.9.